The van der Waals surface area contributed by atoms with E-state index >= 15 is 0 Å². The molecule has 2 unspecified atom stereocenters. The number of rotatable bonds is 4. The molecule has 2 aliphatic rings. The standard InChI is InChI=1S/C16H29N3O3/c1-12(2)17-15(20)13(3)19-6-4-5-14(11-19)16(21)18-7-9-22-10-8-18/h12-14H,4-11H2,1-3H3,(H,17,20). The van der Waals surface area contributed by atoms with Gasteiger partial charge in [-0.25, -0.2) is 0 Å². The summed E-state index contributed by atoms with van der Waals surface area (Å²) in [6.45, 7) is 10.1. The Hall–Kier alpha value is -1.14. The summed E-state index contributed by atoms with van der Waals surface area (Å²) < 4.78 is 5.31. The second kappa shape index (κ2) is 7.92. The summed E-state index contributed by atoms with van der Waals surface area (Å²) in [5.74, 6) is 0.292. The minimum Gasteiger partial charge on any atom is -0.378 e. The fourth-order valence-electron chi connectivity index (χ4n) is 3.17. The number of nitrogens with zero attached hydrogens (tertiary/aromatic N) is 2. The Morgan fingerprint density at radius 1 is 1.14 bits per heavy atom. The monoisotopic (exact) mass is 311 g/mol. The van der Waals surface area contributed by atoms with Gasteiger partial charge in [0.1, 0.15) is 0 Å². The van der Waals surface area contributed by atoms with Crippen molar-refractivity contribution in [3.8, 4) is 0 Å². The average Bonchev–Trinajstić information content (AvgIpc) is 2.53. The van der Waals surface area contributed by atoms with Crippen molar-refractivity contribution in [2.24, 2.45) is 5.92 Å². The number of hydrogen-bond acceptors (Lipinski definition) is 4. The largest absolute Gasteiger partial charge is 0.378 e. The first-order chi connectivity index (χ1) is 10.5. The fourth-order valence-corrected chi connectivity index (χ4v) is 3.17. The van der Waals surface area contributed by atoms with Gasteiger partial charge < -0.3 is 15.0 Å². The van der Waals surface area contributed by atoms with Crippen LogP contribution in [0.1, 0.15) is 33.6 Å². The number of carbonyl (C=O) groups excluding carboxylic acids is 2. The lowest BCUT2D eigenvalue weighted by atomic mass is 9.95. The van der Waals surface area contributed by atoms with E-state index in [1.165, 1.54) is 0 Å². The van der Waals surface area contributed by atoms with E-state index in [4.69, 9.17) is 4.74 Å². The number of morpholine rings is 1. The van der Waals surface area contributed by atoms with Crippen LogP contribution in [0.4, 0.5) is 0 Å². The Bertz CT molecular complexity index is 394. The van der Waals surface area contributed by atoms with E-state index in [-0.39, 0.29) is 29.8 Å². The summed E-state index contributed by atoms with van der Waals surface area (Å²) in [4.78, 5) is 28.8. The number of nitrogens with one attached hydrogen (secondary N) is 1. The van der Waals surface area contributed by atoms with Gasteiger partial charge in [0.25, 0.3) is 0 Å². The molecule has 2 rings (SSSR count). The van der Waals surface area contributed by atoms with Gasteiger partial charge >= 0.3 is 0 Å². The summed E-state index contributed by atoms with van der Waals surface area (Å²) in [5.41, 5.74) is 0. The predicted molar refractivity (Wildman–Crippen MR) is 84.4 cm³/mol. The summed E-state index contributed by atoms with van der Waals surface area (Å²) in [7, 11) is 0. The van der Waals surface area contributed by atoms with Gasteiger partial charge in [-0.05, 0) is 40.2 Å². The third-order valence-corrected chi connectivity index (χ3v) is 4.48. The Labute approximate surface area is 133 Å². The van der Waals surface area contributed by atoms with E-state index in [2.05, 4.69) is 10.2 Å². The molecule has 2 heterocycles. The van der Waals surface area contributed by atoms with Crippen molar-refractivity contribution in [2.45, 2.75) is 45.7 Å². The van der Waals surface area contributed by atoms with Crippen molar-refractivity contribution >= 4 is 11.8 Å². The lowest BCUT2D eigenvalue weighted by Gasteiger charge is -2.38. The second-order valence-corrected chi connectivity index (χ2v) is 6.61. The lowest BCUT2D eigenvalue weighted by Crippen LogP contribution is -2.53. The van der Waals surface area contributed by atoms with Crippen LogP contribution in [0.3, 0.4) is 0 Å². The van der Waals surface area contributed by atoms with Crippen molar-refractivity contribution in [2.75, 3.05) is 39.4 Å². The number of carbonyl (C=O) groups is 2. The van der Waals surface area contributed by atoms with Crippen LogP contribution in [0.25, 0.3) is 0 Å². The van der Waals surface area contributed by atoms with E-state index in [0.29, 0.717) is 32.8 Å². The normalized spacial score (nSPS) is 25.1. The zero-order valence-corrected chi connectivity index (χ0v) is 14.0. The predicted octanol–water partition coefficient (Wildman–Crippen LogP) is 0.470. The van der Waals surface area contributed by atoms with Crippen molar-refractivity contribution in [1.82, 2.24) is 15.1 Å². The van der Waals surface area contributed by atoms with Gasteiger partial charge in [-0.2, -0.15) is 0 Å². The molecule has 2 aliphatic heterocycles. The van der Waals surface area contributed by atoms with Crippen LogP contribution >= 0.6 is 0 Å². The molecule has 0 aromatic heterocycles. The van der Waals surface area contributed by atoms with Crippen molar-refractivity contribution in [1.29, 1.82) is 0 Å². The molecule has 22 heavy (non-hydrogen) atoms. The minimum absolute atomic E-state index is 0.0150. The van der Waals surface area contributed by atoms with Crippen LogP contribution in [0.2, 0.25) is 0 Å². The average molecular weight is 311 g/mol. The first kappa shape index (κ1) is 17.2. The number of amides is 2. The Balaban J connectivity index is 1.90. The first-order valence-electron chi connectivity index (χ1n) is 8.40. The quantitative estimate of drug-likeness (QED) is 0.820. The van der Waals surface area contributed by atoms with E-state index in [1.807, 2.05) is 25.7 Å². The van der Waals surface area contributed by atoms with Crippen LogP contribution < -0.4 is 5.32 Å². The van der Waals surface area contributed by atoms with Crippen LogP contribution in [0, 0.1) is 5.92 Å². The highest BCUT2D eigenvalue weighted by molar-refractivity contribution is 5.82. The highest BCUT2D eigenvalue weighted by Crippen LogP contribution is 2.21. The number of ether oxygens (including phenoxy) is 1. The highest BCUT2D eigenvalue weighted by Gasteiger charge is 2.33. The molecule has 0 bridgehead atoms. The molecule has 2 fully saturated rings. The maximum atomic E-state index is 12.6. The number of likely N-dealkylation sites (tertiary alicyclic amines) is 1. The van der Waals surface area contributed by atoms with Crippen molar-refractivity contribution < 1.29 is 14.3 Å². The molecule has 0 aromatic carbocycles. The molecule has 2 amide bonds. The lowest BCUT2D eigenvalue weighted by molar-refractivity contribution is -0.143. The van der Waals surface area contributed by atoms with Crippen LogP contribution in [-0.2, 0) is 14.3 Å². The molecule has 126 valence electrons. The van der Waals surface area contributed by atoms with Crippen LogP contribution in [0.5, 0.6) is 0 Å². The molecule has 1 N–H and O–H groups in total. The van der Waals surface area contributed by atoms with Gasteiger partial charge in [-0.15, -0.1) is 0 Å². The molecule has 0 saturated carbocycles. The summed E-state index contributed by atoms with van der Waals surface area (Å²) in [6, 6.07) is -0.0341. The number of piperidine rings is 1. The summed E-state index contributed by atoms with van der Waals surface area (Å²) in [5, 5.41) is 2.95. The molecule has 2 atom stereocenters. The van der Waals surface area contributed by atoms with Gasteiger partial charge in [-0.3, -0.25) is 14.5 Å². The smallest absolute Gasteiger partial charge is 0.237 e. The Morgan fingerprint density at radius 2 is 1.82 bits per heavy atom. The molecule has 6 nitrogen and oxygen atoms in total. The molecule has 2 saturated heterocycles. The topological polar surface area (TPSA) is 61.9 Å². The Morgan fingerprint density at radius 3 is 2.45 bits per heavy atom. The molecule has 0 radical (unpaired) electrons. The zero-order chi connectivity index (χ0) is 16.1. The van der Waals surface area contributed by atoms with Gasteiger partial charge in [0, 0.05) is 25.7 Å². The summed E-state index contributed by atoms with van der Waals surface area (Å²) in [6.07, 6.45) is 1.89. The third kappa shape index (κ3) is 4.43. The highest BCUT2D eigenvalue weighted by atomic mass is 16.5. The first-order valence-corrected chi connectivity index (χ1v) is 8.40. The molecule has 0 aromatic rings. The summed E-state index contributed by atoms with van der Waals surface area (Å²) >= 11 is 0. The van der Waals surface area contributed by atoms with Gasteiger partial charge in [0.15, 0.2) is 0 Å². The van der Waals surface area contributed by atoms with E-state index in [1.54, 1.807) is 0 Å². The van der Waals surface area contributed by atoms with Crippen molar-refractivity contribution in [3.05, 3.63) is 0 Å². The maximum Gasteiger partial charge on any atom is 0.237 e. The molecular weight excluding hydrogens is 282 g/mol. The van der Waals surface area contributed by atoms with Gasteiger partial charge in [-0.1, -0.05) is 0 Å². The van der Waals surface area contributed by atoms with Gasteiger partial charge in [0.2, 0.25) is 11.8 Å². The third-order valence-electron chi connectivity index (χ3n) is 4.48. The van der Waals surface area contributed by atoms with Crippen LogP contribution in [0.15, 0.2) is 0 Å². The SMILES string of the molecule is CC(C)NC(=O)C(C)N1CCCC(C(=O)N2CCOCC2)C1. The maximum absolute atomic E-state index is 12.6. The Kier molecular flexibility index (Phi) is 6.20. The second-order valence-electron chi connectivity index (χ2n) is 6.61. The zero-order valence-electron chi connectivity index (χ0n) is 14.0. The molecule has 0 spiro atoms. The van der Waals surface area contributed by atoms with Crippen LogP contribution in [-0.4, -0.2) is 73.1 Å². The molecular formula is C16H29N3O3. The van der Waals surface area contributed by atoms with E-state index < -0.39 is 0 Å². The molecule has 6 heteroatoms. The van der Waals surface area contributed by atoms with E-state index in [0.717, 1.165) is 19.4 Å². The molecule has 0 aliphatic carbocycles. The van der Waals surface area contributed by atoms with Crippen molar-refractivity contribution in [3.63, 3.8) is 0 Å². The number of hydrogen-bond donors (Lipinski definition) is 1. The fraction of sp³-hybridized carbons (Fsp3) is 0.875. The van der Waals surface area contributed by atoms with Gasteiger partial charge in [0.05, 0.1) is 25.2 Å². The van der Waals surface area contributed by atoms with E-state index in [9.17, 15) is 9.59 Å². The minimum atomic E-state index is -0.178.